The van der Waals surface area contributed by atoms with Crippen LogP contribution >= 0.6 is 0 Å². The topological polar surface area (TPSA) is 49.7 Å². The molecule has 0 radical (unpaired) electrons. The van der Waals surface area contributed by atoms with Crippen LogP contribution < -0.4 is 4.74 Å². The number of aliphatic hydroxyl groups excluding tert-OH is 1. The van der Waals surface area contributed by atoms with Crippen molar-refractivity contribution in [2.45, 2.75) is 26.2 Å². The number of phenols is 1. The van der Waals surface area contributed by atoms with Gasteiger partial charge in [0.05, 0.1) is 0 Å². The first-order valence-electron chi connectivity index (χ1n) is 4.52. The Labute approximate surface area is 84.0 Å². The third-order valence-electron chi connectivity index (χ3n) is 1.99. The summed E-state index contributed by atoms with van der Waals surface area (Å²) >= 11 is 0. The maximum atomic E-state index is 9.35. The monoisotopic (exact) mass is 196 g/mol. The van der Waals surface area contributed by atoms with Crippen molar-refractivity contribution in [1.82, 2.24) is 0 Å². The number of ether oxygens (including phenoxy) is 1. The van der Waals surface area contributed by atoms with E-state index < -0.39 is 0 Å². The molecule has 1 rings (SSSR count). The van der Waals surface area contributed by atoms with Gasteiger partial charge in [0, 0.05) is 5.56 Å². The molecule has 0 amide bonds. The molecule has 0 unspecified atom stereocenters. The highest BCUT2D eigenvalue weighted by atomic mass is 16.6. The molecule has 14 heavy (non-hydrogen) atoms. The van der Waals surface area contributed by atoms with Gasteiger partial charge in [-0.05, 0) is 23.6 Å². The number of hydrogen-bond acceptors (Lipinski definition) is 3. The van der Waals surface area contributed by atoms with Crippen LogP contribution in [-0.2, 0) is 5.41 Å². The molecular formula is C11H16O3. The molecule has 0 fully saturated rings. The van der Waals surface area contributed by atoms with Crippen molar-refractivity contribution in [1.29, 1.82) is 0 Å². The maximum Gasteiger partial charge on any atom is 0.186 e. The van der Waals surface area contributed by atoms with Crippen LogP contribution in [0.5, 0.6) is 11.5 Å². The highest BCUT2D eigenvalue weighted by Crippen LogP contribution is 2.33. The van der Waals surface area contributed by atoms with Gasteiger partial charge in [0.1, 0.15) is 11.5 Å². The average molecular weight is 196 g/mol. The summed E-state index contributed by atoms with van der Waals surface area (Å²) in [6, 6.07) is 4.86. The lowest BCUT2D eigenvalue weighted by atomic mass is 9.86. The molecular weight excluding hydrogens is 180 g/mol. The predicted octanol–water partition coefficient (Wildman–Crippen LogP) is 2.02. The first-order valence-corrected chi connectivity index (χ1v) is 4.52. The molecule has 0 saturated carbocycles. The molecule has 3 nitrogen and oxygen atoms in total. The van der Waals surface area contributed by atoms with Crippen molar-refractivity contribution in [3.8, 4) is 11.5 Å². The first-order chi connectivity index (χ1) is 6.45. The van der Waals surface area contributed by atoms with E-state index in [-0.39, 0.29) is 18.0 Å². The van der Waals surface area contributed by atoms with E-state index in [0.717, 1.165) is 5.56 Å². The fraction of sp³-hybridized carbons (Fsp3) is 0.455. The first kappa shape index (κ1) is 10.9. The van der Waals surface area contributed by atoms with Gasteiger partial charge in [-0.1, -0.05) is 20.8 Å². The Morgan fingerprint density at radius 1 is 1.29 bits per heavy atom. The Balaban J connectivity index is 3.16. The Bertz CT molecular complexity index is 313. The molecule has 0 aromatic heterocycles. The van der Waals surface area contributed by atoms with Crippen LogP contribution in [0.25, 0.3) is 0 Å². The second-order valence-electron chi connectivity index (χ2n) is 4.20. The minimum Gasteiger partial charge on any atom is -0.508 e. The van der Waals surface area contributed by atoms with Crippen LogP contribution in [-0.4, -0.2) is 17.0 Å². The summed E-state index contributed by atoms with van der Waals surface area (Å²) in [6.07, 6.45) is 0. The van der Waals surface area contributed by atoms with Gasteiger partial charge in [-0.3, -0.25) is 0 Å². The minimum absolute atomic E-state index is 0.122. The van der Waals surface area contributed by atoms with E-state index >= 15 is 0 Å². The third kappa shape index (κ3) is 2.39. The Morgan fingerprint density at radius 3 is 2.43 bits per heavy atom. The van der Waals surface area contributed by atoms with Gasteiger partial charge in [0.25, 0.3) is 0 Å². The Kier molecular flexibility index (Phi) is 3.01. The quantitative estimate of drug-likeness (QED) is 0.711. The standard InChI is InChI=1S/C11H16O3/c1-11(2,3)9-6-8(13)4-5-10(9)14-7-12/h4-6,12-13H,7H2,1-3H3. The van der Waals surface area contributed by atoms with E-state index in [1.807, 2.05) is 20.8 Å². The molecule has 0 aliphatic heterocycles. The number of rotatable bonds is 2. The van der Waals surface area contributed by atoms with Gasteiger partial charge in [-0.2, -0.15) is 0 Å². The summed E-state index contributed by atoms with van der Waals surface area (Å²) in [4.78, 5) is 0. The molecule has 0 heterocycles. The van der Waals surface area contributed by atoms with Gasteiger partial charge >= 0.3 is 0 Å². The maximum absolute atomic E-state index is 9.35. The van der Waals surface area contributed by atoms with Gasteiger partial charge < -0.3 is 14.9 Å². The Morgan fingerprint density at radius 2 is 1.93 bits per heavy atom. The lowest BCUT2D eigenvalue weighted by Gasteiger charge is -2.22. The SMILES string of the molecule is CC(C)(C)c1cc(O)ccc1OCO. The molecule has 1 aromatic carbocycles. The van der Waals surface area contributed by atoms with Crippen molar-refractivity contribution in [2.75, 3.05) is 6.79 Å². The summed E-state index contributed by atoms with van der Waals surface area (Å²) in [5.41, 5.74) is 0.759. The molecule has 0 atom stereocenters. The van der Waals surface area contributed by atoms with E-state index in [9.17, 15) is 5.11 Å². The summed E-state index contributed by atoms with van der Waals surface area (Å²) in [6.45, 7) is 5.71. The van der Waals surface area contributed by atoms with Crippen molar-refractivity contribution in [3.63, 3.8) is 0 Å². The number of aliphatic hydroxyl groups is 1. The average Bonchev–Trinajstić information content (AvgIpc) is 2.07. The predicted molar refractivity (Wildman–Crippen MR) is 54.5 cm³/mol. The van der Waals surface area contributed by atoms with Crippen molar-refractivity contribution in [3.05, 3.63) is 23.8 Å². The number of phenolic OH excluding ortho intramolecular Hbond substituents is 1. The van der Waals surface area contributed by atoms with Crippen LogP contribution in [0.15, 0.2) is 18.2 Å². The van der Waals surface area contributed by atoms with E-state index in [2.05, 4.69) is 0 Å². The van der Waals surface area contributed by atoms with E-state index in [0.29, 0.717) is 5.75 Å². The van der Waals surface area contributed by atoms with E-state index in [1.54, 1.807) is 18.2 Å². The molecule has 0 bridgehead atoms. The number of benzene rings is 1. The highest BCUT2D eigenvalue weighted by molar-refractivity contribution is 5.43. The van der Waals surface area contributed by atoms with Gasteiger partial charge in [-0.15, -0.1) is 0 Å². The van der Waals surface area contributed by atoms with Crippen molar-refractivity contribution < 1.29 is 14.9 Å². The zero-order valence-electron chi connectivity index (χ0n) is 8.74. The number of aromatic hydroxyl groups is 1. The molecule has 0 saturated heterocycles. The van der Waals surface area contributed by atoms with Crippen LogP contribution in [0.3, 0.4) is 0 Å². The van der Waals surface area contributed by atoms with Crippen LogP contribution in [0, 0.1) is 0 Å². The van der Waals surface area contributed by atoms with Crippen LogP contribution in [0.1, 0.15) is 26.3 Å². The van der Waals surface area contributed by atoms with Gasteiger partial charge in [0.15, 0.2) is 6.79 Å². The summed E-state index contributed by atoms with van der Waals surface area (Å²) in [5.74, 6) is 0.818. The van der Waals surface area contributed by atoms with Gasteiger partial charge in [-0.25, -0.2) is 0 Å². The highest BCUT2D eigenvalue weighted by Gasteiger charge is 2.19. The Hall–Kier alpha value is -1.22. The minimum atomic E-state index is -0.353. The van der Waals surface area contributed by atoms with Crippen molar-refractivity contribution >= 4 is 0 Å². The second kappa shape index (κ2) is 3.88. The van der Waals surface area contributed by atoms with Crippen molar-refractivity contribution in [2.24, 2.45) is 0 Å². The fourth-order valence-electron chi connectivity index (χ4n) is 1.30. The molecule has 0 aliphatic carbocycles. The van der Waals surface area contributed by atoms with E-state index in [1.165, 1.54) is 0 Å². The molecule has 0 aliphatic rings. The third-order valence-corrected chi connectivity index (χ3v) is 1.99. The smallest absolute Gasteiger partial charge is 0.186 e. The summed E-state index contributed by atoms with van der Waals surface area (Å²) in [5, 5.41) is 18.0. The molecule has 0 spiro atoms. The lowest BCUT2D eigenvalue weighted by molar-refractivity contribution is 0.0965. The fourth-order valence-corrected chi connectivity index (χ4v) is 1.30. The van der Waals surface area contributed by atoms with E-state index in [4.69, 9.17) is 9.84 Å². The van der Waals surface area contributed by atoms with Crippen LogP contribution in [0.4, 0.5) is 0 Å². The van der Waals surface area contributed by atoms with Crippen LogP contribution in [0.2, 0.25) is 0 Å². The number of hydrogen-bond donors (Lipinski definition) is 2. The zero-order chi connectivity index (χ0) is 10.8. The molecule has 1 aromatic rings. The summed E-state index contributed by atoms with van der Waals surface area (Å²) < 4.78 is 5.06. The molecule has 2 N–H and O–H groups in total. The normalized spacial score (nSPS) is 11.4. The second-order valence-corrected chi connectivity index (χ2v) is 4.20. The zero-order valence-corrected chi connectivity index (χ0v) is 8.74. The molecule has 78 valence electrons. The lowest BCUT2D eigenvalue weighted by Crippen LogP contribution is -2.13. The van der Waals surface area contributed by atoms with Gasteiger partial charge in [0.2, 0.25) is 0 Å². The largest absolute Gasteiger partial charge is 0.508 e. The molecule has 3 heteroatoms. The summed E-state index contributed by atoms with van der Waals surface area (Å²) in [7, 11) is 0.